The maximum Gasteiger partial charge on any atom is 0.254 e. The van der Waals surface area contributed by atoms with E-state index in [0.717, 1.165) is 25.2 Å². The molecule has 1 amide bonds. The summed E-state index contributed by atoms with van der Waals surface area (Å²) in [6.07, 6.45) is 12.4. The van der Waals surface area contributed by atoms with E-state index in [9.17, 15) is 4.79 Å². The molecule has 5 nitrogen and oxygen atoms in total. The van der Waals surface area contributed by atoms with Crippen molar-refractivity contribution in [3.63, 3.8) is 0 Å². The molecule has 144 valence electrons. The molecule has 1 unspecified atom stereocenters. The Morgan fingerprint density at radius 1 is 1.11 bits per heavy atom. The topological polar surface area (TPSA) is 50.2 Å². The molecule has 2 heterocycles. The van der Waals surface area contributed by atoms with Gasteiger partial charge in [-0.15, -0.1) is 0 Å². The van der Waals surface area contributed by atoms with Gasteiger partial charge in [-0.3, -0.25) is 9.69 Å². The molecular weight excluding hydrogens is 360 g/mol. The van der Waals surface area contributed by atoms with E-state index in [4.69, 9.17) is 11.6 Å². The number of carbonyl (C=O) groups is 1. The van der Waals surface area contributed by atoms with Crippen molar-refractivity contribution >= 4 is 17.5 Å². The number of hydrogen-bond donors (Lipinski definition) is 1. The second kappa shape index (κ2) is 8.44. The molecule has 0 radical (unpaired) electrons. The third-order valence-corrected chi connectivity index (χ3v) is 6.16. The summed E-state index contributed by atoms with van der Waals surface area (Å²) in [6, 6.07) is 8.42. The smallest absolute Gasteiger partial charge is 0.254 e. The van der Waals surface area contributed by atoms with Gasteiger partial charge >= 0.3 is 0 Å². The fraction of sp³-hybridized carbons (Fsp3) is 0.524. The molecule has 1 saturated heterocycles. The number of aromatic nitrogens is 2. The number of carbonyl (C=O) groups excluding carboxylic acids is 1. The fourth-order valence-electron chi connectivity index (χ4n) is 4.34. The maximum absolute atomic E-state index is 12.7. The highest BCUT2D eigenvalue weighted by Crippen LogP contribution is 2.25. The molecule has 1 N–H and O–H groups in total. The van der Waals surface area contributed by atoms with Crippen molar-refractivity contribution in [1.29, 1.82) is 0 Å². The van der Waals surface area contributed by atoms with Gasteiger partial charge in [-0.05, 0) is 31.4 Å². The Bertz CT molecular complexity index is 782. The summed E-state index contributed by atoms with van der Waals surface area (Å²) in [6.45, 7) is 2.06. The van der Waals surface area contributed by atoms with Gasteiger partial charge in [0.25, 0.3) is 5.91 Å². The van der Waals surface area contributed by atoms with E-state index in [-0.39, 0.29) is 11.9 Å². The monoisotopic (exact) mass is 386 g/mol. The number of amides is 1. The average Bonchev–Trinajstić information content (AvgIpc) is 3.26. The Balaban J connectivity index is 1.35. The molecule has 2 aliphatic rings. The minimum atomic E-state index is -0.0546. The van der Waals surface area contributed by atoms with Gasteiger partial charge in [-0.1, -0.05) is 49.4 Å². The lowest BCUT2D eigenvalue weighted by atomic mass is 10.1. The molecule has 1 aromatic heterocycles. The Hall–Kier alpha value is -1.85. The minimum Gasteiger partial charge on any atom is -0.348 e. The normalized spacial score (nSPS) is 21.9. The SMILES string of the molecule is O=C(NC1CCN(C2CCCCCC2)C1)c1cnn(-c2ccccc2Cl)c1. The second-order valence-corrected chi connectivity index (χ2v) is 8.13. The third kappa shape index (κ3) is 4.36. The first-order chi connectivity index (χ1) is 13.2. The molecule has 1 atom stereocenters. The Labute approximate surface area is 165 Å². The predicted octanol–water partition coefficient (Wildman–Crippen LogP) is 4.05. The number of hydrogen-bond acceptors (Lipinski definition) is 3. The van der Waals surface area contributed by atoms with E-state index in [0.29, 0.717) is 16.6 Å². The number of nitrogens with zero attached hydrogens (tertiary/aromatic N) is 3. The second-order valence-electron chi connectivity index (χ2n) is 7.72. The molecule has 2 fully saturated rings. The van der Waals surface area contributed by atoms with Gasteiger partial charge < -0.3 is 5.32 Å². The van der Waals surface area contributed by atoms with Crippen molar-refractivity contribution in [3.05, 3.63) is 47.2 Å². The largest absolute Gasteiger partial charge is 0.348 e. The van der Waals surface area contributed by atoms with Crippen LogP contribution in [0.2, 0.25) is 5.02 Å². The van der Waals surface area contributed by atoms with Crippen LogP contribution >= 0.6 is 11.6 Å². The van der Waals surface area contributed by atoms with E-state index in [1.165, 1.54) is 38.5 Å². The van der Waals surface area contributed by atoms with Crippen LogP contribution in [-0.2, 0) is 0 Å². The first-order valence-electron chi connectivity index (χ1n) is 10.1. The minimum absolute atomic E-state index is 0.0546. The van der Waals surface area contributed by atoms with E-state index >= 15 is 0 Å². The van der Waals surface area contributed by atoms with Crippen LogP contribution in [0.3, 0.4) is 0 Å². The number of nitrogens with one attached hydrogen (secondary N) is 1. The van der Waals surface area contributed by atoms with E-state index in [1.54, 1.807) is 17.1 Å². The number of rotatable bonds is 4. The maximum atomic E-state index is 12.7. The summed E-state index contributed by atoms with van der Waals surface area (Å²) in [5, 5.41) is 8.11. The van der Waals surface area contributed by atoms with Gasteiger partial charge in [0.1, 0.15) is 0 Å². The Morgan fingerprint density at radius 2 is 1.89 bits per heavy atom. The van der Waals surface area contributed by atoms with Gasteiger partial charge in [0.05, 0.1) is 22.5 Å². The van der Waals surface area contributed by atoms with Crippen molar-refractivity contribution in [2.45, 2.75) is 57.0 Å². The van der Waals surface area contributed by atoms with Crippen molar-refractivity contribution < 1.29 is 4.79 Å². The van der Waals surface area contributed by atoms with Crippen molar-refractivity contribution in [2.75, 3.05) is 13.1 Å². The zero-order valence-electron chi connectivity index (χ0n) is 15.6. The first kappa shape index (κ1) is 18.5. The summed E-state index contributed by atoms with van der Waals surface area (Å²) in [5.74, 6) is -0.0546. The molecule has 0 spiro atoms. The van der Waals surface area contributed by atoms with Gasteiger partial charge in [-0.2, -0.15) is 5.10 Å². The predicted molar refractivity (Wildman–Crippen MR) is 108 cm³/mol. The van der Waals surface area contributed by atoms with Crippen LogP contribution in [0.25, 0.3) is 5.69 Å². The summed E-state index contributed by atoms with van der Waals surface area (Å²) in [5.41, 5.74) is 1.35. The molecule has 0 bridgehead atoms. The van der Waals surface area contributed by atoms with Crippen LogP contribution in [-0.4, -0.2) is 45.8 Å². The summed E-state index contributed by atoms with van der Waals surface area (Å²) >= 11 is 6.22. The van der Waals surface area contributed by atoms with Gasteiger partial charge in [-0.25, -0.2) is 4.68 Å². The third-order valence-electron chi connectivity index (χ3n) is 5.84. The highest BCUT2D eigenvalue weighted by atomic mass is 35.5. The summed E-state index contributed by atoms with van der Waals surface area (Å²) in [4.78, 5) is 15.2. The van der Waals surface area contributed by atoms with Gasteiger partial charge in [0, 0.05) is 31.4 Å². The van der Waals surface area contributed by atoms with Crippen LogP contribution in [0.15, 0.2) is 36.7 Å². The van der Waals surface area contributed by atoms with Crippen LogP contribution in [0.4, 0.5) is 0 Å². The van der Waals surface area contributed by atoms with E-state index in [1.807, 2.05) is 24.3 Å². The molecule has 1 aromatic carbocycles. The molecule has 1 aliphatic heterocycles. The van der Waals surface area contributed by atoms with E-state index < -0.39 is 0 Å². The number of para-hydroxylation sites is 1. The first-order valence-corrected chi connectivity index (χ1v) is 10.4. The molecule has 27 heavy (non-hydrogen) atoms. The van der Waals surface area contributed by atoms with Gasteiger partial charge in [0.15, 0.2) is 0 Å². The average molecular weight is 387 g/mol. The van der Waals surface area contributed by atoms with Gasteiger partial charge in [0.2, 0.25) is 0 Å². The number of likely N-dealkylation sites (tertiary alicyclic amines) is 1. The van der Waals surface area contributed by atoms with E-state index in [2.05, 4.69) is 15.3 Å². The number of benzene rings is 1. The highest BCUT2D eigenvalue weighted by molar-refractivity contribution is 6.32. The zero-order valence-corrected chi connectivity index (χ0v) is 16.4. The standard InChI is InChI=1S/C21H27ClN4O/c22-19-9-5-6-10-20(19)26-14-16(13-23-26)21(27)24-17-11-12-25(15-17)18-7-3-1-2-4-8-18/h5-6,9-10,13-14,17-18H,1-4,7-8,11-12,15H2,(H,24,27). The van der Waals surface area contributed by atoms with Crippen LogP contribution in [0.5, 0.6) is 0 Å². The molecular formula is C21H27ClN4O. The van der Waals surface area contributed by atoms with Crippen molar-refractivity contribution in [2.24, 2.45) is 0 Å². The highest BCUT2D eigenvalue weighted by Gasteiger charge is 2.29. The molecule has 6 heteroatoms. The van der Waals surface area contributed by atoms with Crippen LogP contribution in [0, 0.1) is 0 Å². The molecule has 4 rings (SSSR count). The Morgan fingerprint density at radius 3 is 2.67 bits per heavy atom. The fourth-order valence-corrected chi connectivity index (χ4v) is 4.56. The summed E-state index contributed by atoms with van der Waals surface area (Å²) < 4.78 is 1.66. The Kier molecular flexibility index (Phi) is 5.79. The zero-order chi connectivity index (χ0) is 18.6. The van der Waals surface area contributed by atoms with Crippen LogP contribution < -0.4 is 5.32 Å². The van der Waals surface area contributed by atoms with Crippen molar-refractivity contribution in [3.8, 4) is 5.69 Å². The molecule has 2 aromatic rings. The lowest BCUT2D eigenvalue weighted by molar-refractivity contribution is 0.0935. The quantitative estimate of drug-likeness (QED) is 0.806. The lowest BCUT2D eigenvalue weighted by Crippen LogP contribution is -2.39. The lowest BCUT2D eigenvalue weighted by Gasteiger charge is -2.26. The summed E-state index contributed by atoms with van der Waals surface area (Å²) in [7, 11) is 0. The molecule has 1 aliphatic carbocycles. The van der Waals surface area contributed by atoms with Crippen LogP contribution in [0.1, 0.15) is 55.3 Å². The number of halogens is 1. The van der Waals surface area contributed by atoms with Crippen molar-refractivity contribution in [1.82, 2.24) is 20.0 Å². The molecule has 1 saturated carbocycles.